The molecule has 1 aromatic heterocycles. The summed E-state index contributed by atoms with van der Waals surface area (Å²) < 4.78 is 10.9. The first-order valence-electron chi connectivity index (χ1n) is 6.67. The Bertz CT molecular complexity index is 406. The number of aromatic nitrogens is 2. The van der Waals surface area contributed by atoms with Crippen LogP contribution in [-0.4, -0.2) is 22.5 Å². The number of hydrogen-bond donors (Lipinski definition) is 0. The maximum absolute atomic E-state index is 11.2. The highest BCUT2D eigenvalue weighted by molar-refractivity contribution is 5.89. The topological polar surface area (TPSA) is 65.2 Å². The second kappa shape index (κ2) is 5.61. The summed E-state index contributed by atoms with van der Waals surface area (Å²) in [4.78, 5) is 15.4. The second-order valence-corrected chi connectivity index (χ2v) is 4.82. The second-order valence-electron chi connectivity index (χ2n) is 4.82. The first-order valence-corrected chi connectivity index (χ1v) is 6.67. The van der Waals surface area contributed by atoms with Crippen molar-refractivity contribution >= 4 is 5.78 Å². The van der Waals surface area contributed by atoms with Crippen molar-refractivity contribution in [2.75, 3.05) is 6.61 Å². The van der Waals surface area contributed by atoms with Gasteiger partial charge in [-0.25, -0.2) is 0 Å². The van der Waals surface area contributed by atoms with Gasteiger partial charge in [0.05, 0.1) is 0 Å². The Balaban J connectivity index is 2.29. The largest absolute Gasteiger partial charge is 0.367 e. The molecule has 0 aliphatic heterocycles. The Hall–Kier alpha value is -1.23. The van der Waals surface area contributed by atoms with E-state index in [0.717, 1.165) is 25.7 Å². The summed E-state index contributed by atoms with van der Waals surface area (Å²) in [6.07, 6.45) is 6.43. The Labute approximate surface area is 107 Å². The molecule has 0 aromatic carbocycles. The van der Waals surface area contributed by atoms with Crippen LogP contribution in [0.1, 0.15) is 68.9 Å². The molecule has 0 atom stereocenters. The van der Waals surface area contributed by atoms with Gasteiger partial charge in [-0.2, -0.15) is 4.98 Å². The molecule has 1 heterocycles. The standard InChI is InChI=1S/C13H20N2O3/c1-3-17-13(8-6-4-5-7-9-13)12-14-11(10(2)16)18-15-12/h3-9H2,1-2H3. The highest BCUT2D eigenvalue weighted by atomic mass is 16.5. The van der Waals surface area contributed by atoms with E-state index in [2.05, 4.69) is 10.1 Å². The number of ketones is 1. The Kier molecular flexibility index (Phi) is 4.11. The van der Waals surface area contributed by atoms with E-state index in [-0.39, 0.29) is 11.7 Å². The van der Waals surface area contributed by atoms with E-state index in [4.69, 9.17) is 9.26 Å². The van der Waals surface area contributed by atoms with Crippen LogP contribution in [0, 0.1) is 0 Å². The molecule has 1 aliphatic rings. The molecule has 0 radical (unpaired) electrons. The average molecular weight is 252 g/mol. The third kappa shape index (κ3) is 2.61. The van der Waals surface area contributed by atoms with Crippen molar-refractivity contribution in [1.29, 1.82) is 0 Å². The van der Waals surface area contributed by atoms with Gasteiger partial charge in [0.15, 0.2) is 0 Å². The molecule has 1 fully saturated rings. The lowest BCUT2D eigenvalue weighted by Crippen LogP contribution is -2.30. The Morgan fingerprint density at radius 2 is 2.00 bits per heavy atom. The summed E-state index contributed by atoms with van der Waals surface area (Å²) in [6.45, 7) is 4.01. The van der Waals surface area contributed by atoms with E-state index >= 15 is 0 Å². The van der Waals surface area contributed by atoms with Gasteiger partial charge in [-0.1, -0.05) is 30.8 Å². The van der Waals surface area contributed by atoms with Crippen LogP contribution >= 0.6 is 0 Å². The van der Waals surface area contributed by atoms with Crippen LogP contribution in [0.2, 0.25) is 0 Å². The molecule has 100 valence electrons. The summed E-state index contributed by atoms with van der Waals surface area (Å²) in [5.41, 5.74) is -0.456. The number of nitrogens with zero attached hydrogens (tertiary/aromatic N) is 2. The highest BCUT2D eigenvalue weighted by Crippen LogP contribution is 2.37. The van der Waals surface area contributed by atoms with Crippen LogP contribution in [0.3, 0.4) is 0 Å². The SMILES string of the molecule is CCOC1(c2noc(C(C)=O)n2)CCCCCC1. The monoisotopic (exact) mass is 252 g/mol. The molecule has 0 unspecified atom stereocenters. The minimum absolute atomic E-state index is 0.0772. The van der Waals surface area contributed by atoms with E-state index in [1.54, 1.807) is 0 Å². The summed E-state index contributed by atoms with van der Waals surface area (Å²) in [5.74, 6) is 0.416. The van der Waals surface area contributed by atoms with Crippen molar-refractivity contribution in [3.05, 3.63) is 11.7 Å². The van der Waals surface area contributed by atoms with Crippen LogP contribution in [0.5, 0.6) is 0 Å². The van der Waals surface area contributed by atoms with E-state index in [9.17, 15) is 4.79 Å². The third-order valence-corrected chi connectivity index (χ3v) is 3.47. The van der Waals surface area contributed by atoms with Crippen LogP contribution in [0.15, 0.2) is 4.52 Å². The Morgan fingerprint density at radius 3 is 2.50 bits per heavy atom. The minimum Gasteiger partial charge on any atom is -0.367 e. The number of Topliss-reactive ketones (excluding diaryl/α,β-unsaturated/α-hetero) is 1. The first-order chi connectivity index (χ1) is 8.68. The lowest BCUT2D eigenvalue weighted by atomic mass is 9.93. The van der Waals surface area contributed by atoms with Gasteiger partial charge < -0.3 is 9.26 Å². The molecule has 1 aliphatic carbocycles. The van der Waals surface area contributed by atoms with Crippen molar-refractivity contribution < 1.29 is 14.1 Å². The quantitative estimate of drug-likeness (QED) is 0.609. The van der Waals surface area contributed by atoms with Gasteiger partial charge in [-0.3, -0.25) is 4.79 Å². The molecule has 5 nitrogen and oxygen atoms in total. The van der Waals surface area contributed by atoms with Gasteiger partial charge in [0.2, 0.25) is 11.6 Å². The normalized spacial score (nSPS) is 19.4. The van der Waals surface area contributed by atoms with Gasteiger partial charge >= 0.3 is 0 Å². The molecule has 1 aromatic rings. The highest BCUT2D eigenvalue weighted by Gasteiger charge is 2.38. The van der Waals surface area contributed by atoms with Gasteiger partial charge in [0.1, 0.15) is 5.60 Å². The van der Waals surface area contributed by atoms with E-state index in [1.807, 2.05) is 6.92 Å². The molecule has 5 heteroatoms. The smallest absolute Gasteiger partial charge is 0.293 e. The van der Waals surface area contributed by atoms with Crippen LogP contribution < -0.4 is 0 Å². The van der Waals surface area contributed by atoms with Crippen molar-refractivity contribution in [2.24, 2.45) is 0 Å². The number of carbonyl (C=O) groups excluding carboxylic acids is 1. The van der Waals surface area contributed by atoms with Gasteiger partial charge in [0.25, 0.3) is 5.89 Å². The predicted molar refractivity (Wildman–Crippen MR) is 65.3 cm³/mol. The predicted octanol–water partition coefficient (Wildman–Crippen LogP) is 2.86. The fourth-order valence-electron chi connectivity index (χ4n) is 2.56. The number of ether oxygens (including phenoxy) is 1. The average Bonchev–Trinajstić information content (AvgIpc) is 2.73. The molecule has 0 N–H and O–H groups in total. The fourth-order valence-corrected chi connectivity index (χ4v) is 2.56. The zero-order chi connectivity index (χ0) is 13.0. The minimum atomic E-state index is -0.456. The summed E-state index contributed by atoms with van der Waals surface area (Å²) in [6, 6.07) is 0. The lowest BCUT2D eigenvalue weighted by Gasteiger charge is -2.29. The molecule has 1 saturated carbocycles. The van der Waals surface area contributed by atoms with E-state index < -0.39 is 5.60 Å². The molecule has 0 saturated heterocycles. The van der Waals surface area contributed by atoms with Crippen molar-refractivity contribution in [3.8, 4) is 0 Å². The molecular weight excluding hydrogens is 232 g/mol. The molecular formula is C13H20N2O3. The summed E-state index contributed by atoms with van der Waals surface area (Å²) >= 11 is 0. The van der Waals surface area contributed by atoms with Crippen LogP contribution in [-0.2, 0) is 10.3 Å². The van der Waals surface area contributed by atoms with Crippen molar-refractivity contribution in [3.63, 3.8) is 0 Å². The summed E-state index contributed by atoms with van der Waals surface area (Å²) in [5, 5.41) is 3.96. The zero-order valence-corrected chi connectivity index (χ0v) is 11.1. The molecule has 0 spiro atoms. The Morgan fingerprint density at radius 1 is 1.33 bits per heavy atom. The van der Waals surface area contributed by atoms with Crippen LogP contribution in [0.4, 0.5) is 0 Å². The molecule has 18 heavy (non-hydrogen) atoms. The first kappa shape index (κ1) is 13.2. The van der Waals surface area contributed by atoms with E-state index in [0.29, 0.717) is 12.4 Å². The number of carbonyl (C=O) groups is 1. The molecule has 2 rings (SSSR count). The lowest BCUT2D eigenvalue weighted by molar-refractivity contribution is -0.0636. The van der Waals surface area contributed by atoms with Crippen molar-refractivity contribution in [2.45, 2.75) is 58.0 Å². The number of hydrogen-bond acceptors (Lipinski definition) is 5. The van der Waals surface area contributed by atoms with Crippen LogP contribution in [0.25, 0.3) is 0 Å². The molecule has 0 bridgehead atoms. The maximum Gasteiger partial charge on any atom is 0.293 e. The maximum atomic E-state index is 11.2. The number of rotatable bonds is 4. The summed E-state index contributed by atoms with van der Waals surface area (Å²) in [7, 11) is 0. The van der Waals surface area contributed by atoms with Gasteiger partial charge in [-0.15, -0.1) is 0 Å². The van der Waals surface area contributed by atoms with Gasteiger partial charge in [0, 0.05) is 13.5 Å². The fraction of sp³-hybridized carbons (Fsp3) is 0.769. The van der Waals surface area contributed by atoms with E-state index in [1.165, 1.54) is 19.8 Å². The zero-order valence-electron chi connectivity index (χ0n) is 11.1. The molecule has 0 amide bonds. The van der Waals surface area contributed by atoms with Crippen molar-refractivity contribution in [1.82, 2.24) is 10.1 Å². The third-order valence-electron chi connectivity index (χ3n) is 3.47. The van der Waals surface area contributed by atoms with Gasteiger partial charge in [-0.05, 0) is 19.8 Å².